The molecule has 0 aromatic heterocycles. The van der Waals surface area contributed by atoms with E-state index in [9.17, 15) is 4.39 Å². The van der Waals surface area contributed by atoms with Crippen LogP contribution in [-0.2, 0) is 11.2 Å². The Hall–Kier alpha value is -0.450. The van der Waals surface area contributed by atoms with Crippen LogP contribution in [0.15, 0.2) is 22.7 Å². The second-order valence-corrected chi connectivity index (χ2v) is 5.12. The summed E-state index contributed by atoms with van der Waals surface area (Å²) >= 11 is 3.32. The van der Waals surface area contributed by atoms with Gasteiger partial charge in [0.2, 0.25) is 0 Å². The summed E-state index contributed by atoms with van der Waals surface area (Å²) in [6.07, 6.45) is 0.457. The van der Waals surface area contributed by atoms with Gasteiger partial charge >= 0.3 is 0 Å². The molecule has 0 amide bonds. The van der Waals surface area contributed by atoms with E-state index in [0.29, 0.717) is 25.2 Å². The summed E-state index contributed by atoms with van der Waals surface area (Å²) in [5, 5.41) is 0. The number of benzene rings is 1. The van der Waals surface area contributed by atoms with Crippen molar-refractivity contribution in [3.05, 3.63) is 34.1 Å². The maximum atomic E-state index is 13.5. The maximum absolute atomic E-state index is 13.5. The summed E-state index contributed by atoms with van der Waals surface area (Å²) in [6.45, 7) is 4.82. The van der Waals surface area contributed by atoms with Crippen LogP contribution in [0.4, 0.5) is 4.39 Å². The number of rotatable bonds is 5. The molecule has 0 saturated heterocycles. The van der Waals surface area contributed by atoms with Gasteiger partial charge in [-0.05, 0) is 44.0 Å². The molecule has 0 bridgehead atoms. The minimum Gasteiger partial charge on any atom is -0.380 e. The molecule has 0 saturated carbocycles. The first-order valence-corrected chi connectivity index (χ1v) is 6.04. The van der Waals surface area contributed by atoms with E-state index in [2.05, 4.69) is 15.9 Å². The van der Waals surface area contributed by atoms with Gasteiger partial charge in [0.1, 0.15) is 5.82 Å². The molecular weight excluding hydrogens is 273 g/mol. The lowest BCUT2D eigenvalue weighted by Gasteiger charge is -2.24. The van der Waals surface area contributed by atoms with Crippen LogP contribution in [0.5, 0.6) is 0 Å². The molecule has 0 aliphatic heterocycles. The standard InChI is InChI=1S/C12H17BrFNO/c1-3-16-8-12(2,15)7-9-6-10(13)4-5-11(9)14/h4-6H,3,7-8,15H2,1-2H3. The van der Waals surface area contributed by atoms with Crippen molar-refractivity contribution in [3.63, 3.8) is 0 Å². The van der Waals surface area contributed by atoms with Crippen molar-refractivity contribution in [1.82, 2.24) is 0 Å². The summed E-state index contributed by atoms with van der Waals surface area (Å²) in [4.78, 5) is 0. The lowest BCUT2D eigenvalue weighted by Crippen LogP contribution is -2.43. The first-order valence-electron chi connectivity index (χ1n) is 5.25. The molecule has 0 aliphatic rings. The largest absolute Gasteiger partial charge is 0.380 e. The van der Waals surface area contributed by atoms with Gasteiger partial charge < -0.3 is 10.5 Å². The Morgan fingerprint density at radius 3 is 2.81 bits per heavy atom. The SMILES string of the molecule is CCOCC(C)(N)Cc1cc(Br)ccc1F. The quantitative estimate of drug-likeness (QED) is 0.905. The first kappa shape index (κ1) is 13.6. The first-order chi connectivity index (χ1) is 7.44. The molecule has 16 heavy (non-hydrogen) atoms. The minimum absolute atomic E-state index is 0.226. The second kappa shape index (κ2) is 5.75. The minimum atomic E-state index is -0.544. The molecule has 4 heteroatoms. The average Bonchev–Trinajstić information content (AvgIpc) is 2.20. The van der Waals surface area contributed by atoms with Crippen molar-refractivity contribution < 1.29 is 9.13 Å². The molecule has 0 aliphatic carbocycles. The van der Waals surface area contributed by atoms with Gasteiger partial charge in [-0.3, -0.25) is 0 Å². The fraction of sp³-hybridized carbons (Fsp3) is 0.500. The van der Waals surface area contributed by atoms with E-state index in [1.165, 1.54) is 6.07 Å². The lowest BCUT2D eigenvalue weighted by atomic mass is 9.94. The topological polar surface area (TPSA) is 35.2 Å². The van der Waals surface area contributed by atoms with Crippen molar-refractivity contribution in [1.29, 1.82) is 0 Å². The van der Waals surface area contributed by atoms with Crippen LogP contribution in [-0.4, -0.2) is 18.8 Å². The normalized spacial score (nSPS) is 14.8. The van der Waals surface area contributed by atoms with Gasteiger partial charge in [-0.15, -0.1) is 0 Å². The van der Waals surface area contributed by atoms with Gasteiger partial charge in [-0.2, -0.15) is 0 Å². The molecule has 1 rings (SSSR count). The highest BCUT2D eigenvalue weighted by atomic mass is 79.9. The smallest absolute Gasteiger partial charge is 0.126 e. The van der Waals surface area contributed by atoms with Crippen LogP contribution >= 0.6 is 15.9 Å². The molecule has 0 fully saturated rings. The average molecular weight is 290 g/mol. The number of ether oxygens (including phenoxy) is 1. The summed E-state index contributed by atoms with van der Waals surface area (Å²) in [5.74, 6) is -0.226. The third-order valence-corrected chi connectivity index (χ3v) is 2.73. The fourth-order valence-electron chi connectivity index (χ4n) is 1.50. The van der Waals surface area contributed by atoms with Gasteiger partial charge in [0.25, 0.3) is 0 Å². The Labute approximate surface area is 104 Å². The van der Waals surface area contributed by atoms with E-state index in [-0.39, 0.29) is 5.82 Å². The molecule has 2 N–H and O–H groups in total. The molecule has 0 heterocycles. The van der Waals surface area contributed by atoms with Gasteiger partial charge in [0.15, 0.2) is 0 Å². The molecule has 90 valence electrons. The molecule has 0 spiro atoms. The zero-order valence-electron chi connectivity index (χ0n) is 9.59. The van der Waals surface area contributed by atoms with Crippen LogP contribution in [0.25, 0.3) is 0 Å². The maximum Gasteiger partial charge on any atom is 0.126 e. The van der Waals surface area contributed by atoms with Crippen molar-refractivity contribution in [2.75, 3.05) is 13.2 Å². The van der Waals surface area contributed by atoms with Crippen LogP contribution in [0.2, 0.25) is 0 Å². The van der Waals surface area contributed by atoms with Crippen molar-refractivity contribution >= 4 is 15.9 Å². The predicted octanol–water partition coefficient (Wildman–Crippen LogP) is 2.88. The van der Waals surface area contributed by atoms with E-state index in [1.54, 1.807) is 12.1 Å². The summed E-state index contributed by atoms with van der Waals surface area (Å²) < 4.78 is 19.6. The Balaban J connectivity index is 2.74. The number of nitrogens with two attached hydrogens (primary N) is 1. The van der Waals surface area contributed by atoms with Gasteiger partial charge in [-0.1, -0.05) is 15.9 Å². The van der Waals surface area contributed by atoms with Crippen molar-refractivity contribution in [2.45, 2.75) is 25.8 Å². The second-order valence-electron chi connectivity index (χ2n) is 4.20. The van der Waals surface area contributed by atoms with Crippen LogP contribution in [0, 0.1) is 5.82 Å². The van der Waals surface area contributed by atoms with Crippen LogP contribution < -0.4 is 5.73 Å². The Bertz CT molecular complexity index is 355. The highest BCUT2D eigenvalue weighted by molar-refractivity contribution is 9.10. The zero-order chi connectivity index (χ0) is 12.2. The summed E-state index contributed by atoms with van der Waals surface area (Å²) in [5.41, 5.74) is 6.11. The monoisotopic (exact) mass is 289 g/mol. The van der Waals surface area contributed by atoms with Gasteiger partial charge in [0, 0.05) is 16.6 Å². The van der Waals surface area contributed by atoms with E-state index in [4.69, 9.17) is 10.5 Å². The van der Waals surface area contributed by atoms with Gasteiger partial charge in [-0.25, -0.2) is 4.39 Å². The van der Waals surface area contributed by atoms with Crippen molar-refractivity contribution in [3.8, 4) is 0 Å². The predicted molar refractivity (Wildman–Crippen MR) is 66.9 cm³/mol. The zero-order valence-corrected chi connectivity index (χ0v) is 11.2. The molecule has 1 aromatic rings. The third-order valence-electron chi connectivity index (χ3n) is 2.24. The van der Waals surface area contributed by atoms with Gasteiger partial charge in [0.05, 0.1) is 6.61 Å². The molecular formula is C12H17BrFNO. The Morgan fingerprint density at radius 2 is 2.19 bits per heavy atom. The van der Waals surface area contributed by atoms with E-state index in [1.807, 2.05) is 13.8 Å². The third kappa shape index (κ3) is 4.20. The molecule has 2 nitrogen and oxygen atoms in total. The molecule has 1 atom stereocenters. The molecule has 0 radical (unpaired) electrons. The van der Waals surface area contributed by atoms with Crippen molar-refractivity contribution in [2.24, 2.45) is 5.73 Å². The lowest BCUT2D eigenvalue weighted by molar-refractivity contribution is 0.101. The molecule has 1 aromatic carbocycles. The highest BCUT2D eigenvalue weighted by Crippen LogP contribution is 2.19. The van der Waals surface area contributed by atoms with E-state index >= 15 is 0 Å². The highest BCUT2D eigenvalue weighted by Gasteiger charge is 2.21. The van der Waals surface area contributed by atoms with Crippen LogP contribution in [0.1, 0.15) is 19.4 Å². The van der Waals surface area contributed by atoms with E-state index in [0.717, 1.165) is 4.47 Å². The summed E-state index contributed by atoms with van der Waals surface area (Å²) in [7, 11) is 0. The van der Waals surface area contributed by atoms with E-state index < -0.39 is 5.54 Å². The van der Waals surface area contributed by atoms with Crippen LogP contribution in [0.3, 0.4) is 0 Å². The Kier molecular flexibility index (Phi) is 4.89. The number of halogens is 2. The molecule has 1 unspecified atom stereocenters. The summed E-state index contributed by atoms with van der Waals surface area (Å²) in [6, 6.07) is 4.87. The fourth-order valence-corrected chi connectivity index (χ4v) is 1.91. The number of hydrogen-bond donors (Lipinski definition) is 1. The number of hydrogen-bond acceptors (Lipinski definition) is 2. The Morgan fingerprint density at radius 1 is 1.50 bits per heavy atom.